The molecule has 0 amide bonds. The molecule has 1 heterocycles. The fourth-order valence-corrected chi connectivity index (χ4v) is 2.48. The van der Waals surface area contributed by atoms with E-state index in [9.17, 15) is 0 Å². The number of halogens is 1. The van der Waals surface area contributed by atoms with Crippen LogP contribution in [-0.2, 0) is 13.1 Å². The fraction of sp³-hybridized carbons (Fsp3) is 0.312. The van der Waals surface area contributed by atoms with Crippen LogP contribution in [0.2, 0.25) is 0 Å². The average molecular weight is 431 g/mol. The van der Waals surface area contributed by atoms with Crippen LogP contribution >= 0.6 is 35.3 Å². The van der Waals surface area contributed by atoms with Crippen LogP contribution in [0.5, 0.6) is 5.75 Å². The highest BCUT2D eigenvalue weighted by molar-refractivity contribution is 14.0. The summed E-state index contributed by atoms with van der Waals surface area (Å²) in [5.41, 5.74) is 2.43. The van der Waals surface area contributed by atoms with Crippen molar-refractivity contribution in [3.05, 3.63) is 52.2 Å². The number of aliphatic imine (C=N–C) groups is 1. The molecule has 0 saturated heterocycles. The van der Waals surface area contributed by atoms with Gasteiger partial charge in [0.1, 0.15) is 5.75 Å². The topological polar surface area (TPSA) is 45.7 Å². The van der Waals surface area contributed by atoms with E-state index >= 15 is 0 Å². The van der Waals surface area contributed by atoms with Crippen LogP contribution in [-0.4, -0.2) is 19.6 Å². The molecule has 6 heteroatoms. The van der Waals surface area contributed by atoms with Crippen molar-refractivity contribution >= 4 is 41.3 Å². The average Bonchev–Trinajstić information content (AvgIpc) is 3.04. The van der Waals surface area contributed by atoms with Gasteiger partial charge < -0.3 is 15.4 Å². The zero-order chi connectivity index (χ0) is 14.9. The Labute approximate surface area is 153 Å². The number of ether oxygens (including phenoxy) is 1. The van der Waals surface area contributed by atoms with Gasteiger partial charge in [-0.15, -0.1) is 24.0 Å². The smallest absolute Gasteiger partial charge is 0.191 e. The Bertz CT molecular complexity index is 555. The molecule has 0 aliphatic rings. The highest BCUT2D eigenvalue weighted by atomic mass is 127. The second-order valence-electron chi connectivity index (χ2n) is 4.53. The molecule has 0 aliphatic heterocycles. The lowest BCUT2D eigenvalue weighted by Crippen LogP contribution is -2.36. The molecule has 1 aromatic heterocycles. The molecule has 0 aliphatic carbocycles. The van der Waals surface area contributed by atoms with E-state index < -0.39 is 0 Å². The Morgan fingerprint density at radius 1 is 1.14 bits per heavy atom. The summed E-state index contributed by atoms with van der Waals surface area (Å²) in [7, 11) is 1.67. The SMILES string of the molecule is CCNC(=NCc1ccsc1)NCc1ccc(OC)cc1.I. The zero-order valence-corrected chi connectivity index (χ0v) is 16.0. The van der Waals surface area contributed by atoms with Gasteiger partial charge in [0, 0.05) is 13.1 Å². The first-order valence-electron chi connectivity index (χ1n) is 6.98. The third-order valence-corrected chi connectivity index (χ3v) is 3.70. The van der Waals surface area contributed by atoms with Crippen molar-refractivity contribution in [2.24, 2.45) is 4.99 Å². The molecule has 2 N–H and O–H groups in total. The zero-order valence-electron chi connectivity index (χ0n) is 12.8. The number of methoxy groups -OCH3 is 1. The molecule has 4 nitrogen and oxygen atoms in total. The molecular weight excluding hydrogens is 409 g/mol. The van der Waals surface area contributed by atoms with Crippen LogP contribution in [0.15, 0.2) is 46.1 Å². The molecule has 22 heavy (non-hydrogen) atoms. The minimum atomic E-state index is 0. The van der Waals surface area contributed by atoms with Crippen molar-refractivity contribution in [2.45, 2.75) is 20.0 Å². The summed E-state index contributed by atoms with van der Waals surface area (Å²) in [6, 6.07) is 10.1. The van der Waals surface area contributed by atoms with E-state index in [2.05, 4.69) is 39.4 Å². The second-order valence-corrected chi connectivity index (χ2v) is 5.31. The Morgan fingerprint density at radius 2 is 1.91 bits per heavy atom. The van der Waals surface area contributed by atoms with Crippen LogP contribution in [0.3, 0.4) is 0 Å². The number of thiophene rings is 1. The molecule has 2 aromatic rings. The third kappa shape index (κ3) is 6.23. The molecule has 0 saturated carbocycles. The van der Waals surface area contributed by atoms with Crippen LogP contribution in [0, 0.1) is 0 Å². The molecule has 1 aromatic carbocycles. The fourth-order valence-electron chi connectivity index (χ4n) is 1.82. The van der Waals surface area contributed by atoms with E-state index in [-0.39, 0.29) is 24.0 Å². The highest BCUT2D eigenvalue weighted by Crippen LogP contribution is 2.11. The Hall–Kier alpha value is -1.28. The largest absolute Gasteiger partial charge is 0.497 e. The predicted molar refractivity (Wildman–Crippen MR) is 104 cm³/mol. The van der Waals surface area contributed by atoms with Gasteiger partial charge in [0.2, 0.25) is 0 Å². The maximum atomic E-state index is 5.16. The van der Waals surface area contributed by atoms with Gasteiger partial charge in [0.25, 0.3) is 0 Å². The standard InChI is InChI=1S/C16H21N3OS.HI/c1-3-17-16(19-11-14-8-9-21-12-14)18-10-13-4-6-15(20-2)7-5-13;/h4-9,12H,3,10-11H2,1-2H3,(H2,17,18,19);1H. The molecule has 0 bridgehead atoms. The first kappa shape index (κ1) is 18.8. The van der Waals surface area contributed by atoms with Crippen LogP contribution in [0.1, 0.15) is 18.1 Å². The van der Waals surface area contributed by atoms with E-state index in [4.69, 9.17) is 4.74 Å². The van der Waals surface area contributed by atoms with Crippen molar-refractivity contribution in [1.82, 2.24) is 10.6 Å². The molecular formula is C16H22IN3OS. The van der Waals surface area contributed by atoms with Gasteiger partial charge in [-0.2, -0.15) is 11.3 Å². The lowest BCUT2D eigenvalue weighted by atomic mass is 10.2. The van der Waals surface area contributed by atoms with E-state index in [1.54, 1.807) is 18.4 Å². The first-order valence-corrected chi connectivity index (χ1v) is 7.92. The Balaban J connectivity index is 0.00000242. The van der Waals surface area contributed by atoms with Crippen molar-refractivity contribution in [3.8, 4) is 5.75 Å². The number of benzene rings is 1. The molecule has 0 unspecified atom stereocenters. The highest BCUT2D eigenvalue weighted by Gasteiger charge is 1.99. The predicted octanol–water partition coefficient (Wildman–Crippen LogP) is 3.63. The van der Waals surface area contributed by atoms with Crippen LogP contribution < -0.4 is 15.4 Å². The van der Waals surface area contributed by atoms with E-state index in [0.29, 0.717) is 6.54 Å². The lowest BCUT2D eigenvalue weighted by molar-refractivity contribution is 0.414. The number of guanidine groups is 1. The summed E-state index contributed by atoms with van der Waals surface area (Å²) in [6.45, 7) is 4.34. The van der Waals surface area contributed by atoms with Crippen molar-refractivity contribution in [2.75, 3.05) is 13.7 Å². The van der Waals surface area contributed by atoms with Crippen molar-refractivity contribution in [1.29, 1.82) is 0 Å². The monoisotopic (exact) mass is 431 g/mol. The van der Waals surface area contributed by atoms with Gasteiger partial charge >= 0.3 is 0 Å². The summed E-state index contributed by atoms with van der Waals surface area (Å²) in [5, 5.41) is 10.8. The normalized spacial score (nSPS) is 10.7. The maximum Gasteiger partial charge on any atom is 0.191 e. The number of rotatable bonds is 6. The summed E-state index contributed by atoms with van der Waals surface area (Å²) in [6.07, 6.45) is 0. The van der Waals surface area contributed by atoms with Gasteiger partial charge in [0.05, 0.1) is 13.7 Å². The summed E-state index contributed by atoms with van der Waals surface area (Å²) in [4.78, 5) is 4.58. The van der Waals surface area contributed by atoms with Gasteiger partial charge in [-0.25, -0.2) is 4.99 Å². The number of hydrogen-bond donors (Lipinski definition) is 2. The Morgan fingerprint density at radius 3 is 2.50 bits per heavy atom. The van der Waals surface area contributed by atoms with Gasteiger partial charge in [-0.3, -0.25) is 0 Å². The summed E-state index contributed by atoms with van der Waals surface area (Å²) >= 11 is 1.70. The lowest BCUT2D eigenvalue weighted by Gasteiger charge is -2.11. The molecule has 2 rings (SSSR count). The van der Waals surface area contributed by atoms with Crippen molar-refractivity contribution in [3.63, 3.8) is 0 Å². The Kier molecular flexibility index (Phi) is 8.91. The molecule has 0 atom stereocenters. The van der Waals surface area contributed by atoms with Gasteiger partial charge in [0.15, 0.2) is 5.96 Å². The minimum Gasteiger partial charge on any atom is -0.497 e. The number of hydrogen-bond acceptors (Lipinski definition) is 3. The van der Waals surface area contributed by atoms with E-state index in [1.807, 2.05) is 24.3 Å². The quantitative estimate of drug-likeness (QED) is 0.417. The van der Waals surface area contributed by atoms with Crippen molar-refractivity contribution < 1.29 is 4.74 Å². The maximum absolute atomic E-state index is 5.16. The molecule has 0 fully saturated rings. The number of nitrogens with zero attached hydrogens (tertiary/aromatic N) is 1. The van der Waals surface area contributed by atoms with Crippen LogP contribution in [0.25, 0.3) is 0 Å². The van der Waals surface area contributed by atoms with E-state index in [1.165, 1.54) is 11.1 Å². The van der Waals surface area contributed by atoms with Crippen LogP contribution in [0.4, 0.5) is 0 Å². The van der Waals surface area contributed by atoms with Gasteiger partial charge in [-0.05, 0) is 47.0 Å². The molecule has 0 spiro atoms. The summed E-state index contributed by atoms with van der Waals surface area (Å²) in [5.74, 6) is 1.70. The third-order valence-electron chi connectivity index (χ3n) is 2.96. The van der Waals surface area contributed by atoms with Gasteiger partial charge in [-0.1, -0.05) is 12.1 Å². The second kappa shape index (κ2) is 10.4. The molecule has 120 valence electrons. The summed E-state index contributed by atoms with van der Waals surface area (Å²) < 4.78 is 5.16. The minimum absolute atomic E-state index is 0. The number of nitrogens with one attached hydrogen (secondary N) is 2. The van der Waals surface area contributed by atoms with E-state index in [0.717, 1.165) is 24.8 Å². The molecule has 0 radical (unpaired) electrons. The first-order chi connectivity index (χ1) is 10.3.